The molecule has 0 aliphatic rings. The third-order valence-electron chi connectivity index (χ3n) is 10.3. The molecular formula is C48H58CrN7O10+. The Kier molecular flexibility index (Phi) is 23.7. The Morgan fingerprint density at radius 1 is 0.500 bits per heavy atom. The summed E-state index contributed by atoms with van der Waals surface area (Å²) in [6.45, 7) is 5.04. The van der Waals surface area contributed by atoms with E-state index >= 15 is 0 Å². The van der Waals surface area contributed by atoms with Gasteiger partial charge in [0.15, 0.2) is 0 Å². The summed E-state index contributed by atoms with van der Waals surface area (Å²) in [4.78, 5) is 22.2. The van der Waals surface area contributed by atoms with Gasteiger partial charge in [0.25, 0.3) is 11.4 Å². The summed E-state index contributed by atoms with van der Waals surface area (Å²) in [6, 6.07) is 28.2. The number of unbranched alkanes of at least 4 members (excludes halogenated alkanes) is 9. The normalized spacial score (nSPS) is 11.0. The molecule has 0 atom stereocenters. The molecule has 0 amide bonds. The second-order valence-electron chi connectivity index (χ2n) is 15.0. The Morgan fingerprint density at radius 2 is 0.894 bits per heavy atom. The van der Waals surface area contributed by atoms with Gasteiger partial charge in [0, 0.05) is 53.4 Å². The number of phenols is 4. The molecule has 0 spiro atoms. The van der Waals surface area contributed by atoms with E-state index in [1.807, 2.05) is 36.4 Å². The van der Waals surface area contributed by atoms with Crippen LogP contribution in [0.1, 0.15) is 72.6 Å². The number of benzene rings is 6. The maximum Gasteiger partial charge on any atom is 1.00 e. The van der Waals surface area contributed by atoms with Crippen molar-refractivity contribution < 1.29 is 59.3 Å². The Morgan fingerprint density at radius 3 is 1.27 bits per heavy atom. The molecule has 66 heavy (non-hydrogen) atoms. The molecule has 18 heteroatoms. The van der Waals surface area contributed by atoms with Crippen molar-refractivity contribution in [1.29, 1.82) is 0 Å². The summed E-state index contributed by atoms with van der Waals surface area (Å²) in [6.07, 6.45) is 13.5. The van der Waals surface area contributed by atoms with Crippen LogP contribution in [0.2, 0.25) is 0 Å². The van der Waals surface area contributed by atoms with Gasteiger partial charge in [0.05, 0.1) is 35.2 Å². The standard InChI is InChI=1S/2C16H11N3O4.C16H35NO2.Cr/c2*20-14-8-5-10-3-1-2-4-12(10)16(14)18-17-13-7-6-11(19(22)23)9-15(13)21;1-2-3-4-5-6-7-8-9-10-11-12-17(13-15-18)14-16-19;/h2*1-9,20-21H;18-19H,2-16H2,1H3;/p+1. The molecule has 6 aromatic carbocycles. The van der Waals surface area contributed by atoms with Crippen molar-refractivity contribution in [2.75, 3.05) is 32.8 Å². The molecule has 0 aliphatic heterocycles. The maximum absolute atomic E-state index is 10.6. The zero-order valence-corrected chi connectivity index (χ0v) is 38.1. The molecule has 0 aliphatic carbocycles. The minimum Gasteiger partial charge on any atom is -0.506 e. The van der Waals surface area contributed by atoms with Gasteiger partial charge in [0.1, 0.15) is 45.7 Å². The van der Waals surface area contributed by atoms with Crippen LogP contribution in [0, 0.1) is 20.2 Å². The smallest absolute Gasteiger partial charge is 0.506 e. The molecule has 0 heterocycles. The van der Waals surface area contributed by atoms with Gasteiger partial charge in [-0.2, -0.15) is 0 Å². The third kappa shape index (κ3) is 17.1. The number of aromatic hydroxyl groups is 4. The summed E-state index contributed by atoms with van der Waals surface area (Å²) >= 11 is 0. The van der Waals surface area contributed by atoms with E-state index in [-0.39, 0.29) is 89.1 Å². The summed E-state index contributed by atoms with van der Waals surface area (Å²) in [5, 5.41) is 97.5. The second kappa shape index (κ2) is 29.1. The molecule has 0 unspecified atom stereocenters. The van der Waals surface area contributed by atoms with Gasteiger partial charge in [-0.25, -0.2) is 0 Å². The van der Waals surface area contributed by atoms with E-state index in [0.29, 0.717) is 23.9 Å². The van der Waals surface area contributed by atoms with Crippen molar-refractivity contribution in [1.82, 2.24) is 4.90 Å². The Hall–Kier alpha value is -6.55. The van der Waals surface area contributed by atoms with Crippen molar-refractivity contribution in [3.05, 3.63) is 129 Å². The van der Waals surface area contributed by atoms with Crippen LogP contribution in [0.3, 0.4) is 0 Å². The third-order valence-corrected chi connectivity index (χ3v) is 10.3. The zero-order chi connectivity index (χ0) is 47.0. The fourth-order valence-electron chi connectivity index (χ4n) is 6.77. The van der Waals surface area contributed by atoms with Crippen LogP contribution in [0.5, 0.6) is 23.0 Å². The van der Waals surface area contributed by atoms with Crippen LogP contribution in [-0.4, -0.2) is 78.2 Å². The van der Waals surface area contributed by atoms with E-state index in [4.69, 9.17) is 10.2 Å². The number of phenolic OH excluding ortho intramolecular Hbond substituents is 4. The largest absolute Gasteiger partial charge is 1.00 e. The molecule has 0 saturated heterocycles. The quantitative estimate of drug-likeness (QED) is 0.0171. The average molecular weight is 945 g/mol. The van der Waals surface area contributed by atoms with Gasteiger partial charge in [-0.15, -0.1) is 20.5 Å². The van der Waals surface area contributed by atoms with Crippen molar-refractivity contribution >= 4 is 55.7 Å². The number of aliphatic hydroxyl groups is 2. The molecule has 0 fully saturated rings. The van der Waals surface area contributed by atoms with Crippen molar-refractivity contribution in [3.63, 3.8) is 0 Å². The predicted molar refractivity (Wildman–Crippen MR) is 253 cm³/mol. The maximum atomic E-state index is 10.6. The van der Waals surface area contributed by atoms with Crippen LogP contribution in [0.15, 0.2) is 130 Å². The fourth-order valence-corrected chi connectivity index (χ4v) is 6.77. The number of hydrogen-bond acceptors (Lipinski definition) is 15. The molecule has 0 aromatic heterocycles. The summed E-state index contributed by atoms with van der Waals surface area (Å²) < 4.78 is 0. The number of non-ortho nitro benzene ring substituents is 2. The first kappa shape index (κ1) is 53.8. The van der Waals surface area contributed by atoms with Gasteiger partial charge < -0.3 is 30.6 Å². The topological polar surface area (TPSA) is 260 Å². The van der Waals surface area contributed by atoms with E-state index in [1.54, 1.807) is 24.3 Å². The zero-order valence-electron chi connectivity index (χ0n) is 37.9. The van der Waals surface area contributed by atoms with E-state index in [1.165, 1.54) is 101 Å². The predicted octanol–water partition coefficient (Wildman–Crippen LogP) is 12.5. The average Bonchev–Trinajstić information content (AvgIpc) is 3.30. The Labute approximate surface area is 395 Å². The van der Waals surface area contributed by atoms with Crippen molar-refractivity contribution in [2.45, 2.75) is 71.1 Å². The van der Waals surface area contributed by atoms with Crippen LogP contribution in [0.25, 0.3) is 21.5 Å². The molecular weight excluding hydrogens is 887 g/mol. The van der Waals surface area contributed by atoms with Gasteiger partial charge >= 0.3 is 1.43 Å². The van der Waals surface area contributed by atoms with Crippen LogP contribution >= 0.6 is 0 Å². The second-order valence-corrected chi connectivity index (χ2v) is 15.0. The molecule has 350 valence electrons. The first-order valence-corrected chi connectivity index (χ1v) is 21.6. The summed E-state index contributed by atoms with van der Waals surface area (Å²) in [7, 11) is 0. The number of nitro groups is 2. The molecule has 0 saturated carbocycles. The Balaban J connectivity index is 0.000000343. The monoisotopic (exact) mass is 944 g/mol. The molecule has 17 nitrogen and oxygen atoms in total. The van der Waals surface area contributed by atoms with Crippen LogP contribution in [-0.2, 0) is 17.4 Å². The SMILES string of the molecule is CCCCCCCCCCCCN(CCO)CCO.O=[N+]([O-])c1ccc(N=Nc2c(O)ccc3ccccc23)c(O)c1.O=[N+]([O-])c1ccc(N=Nc2c(O)ccc3ccccc23)c(O)c1.[Cr].[H+]. The van der Waals surface area contributed by atoms with Gasteiger partial charge in [0.2, 0.25) is 0 Å². The summed E-state index contributed by atoms with van der Waals surface area (Å²) in [5.74, 6) is -0.812. The van der Waals surface area contributed by atoms with Crippen molar-refractivity contribution in [2.24, 2.45) is 20.5 Å². The molecule has 0 bridgehead atoms. The number of rotatable bonds is 21. The number of azo groups is 2. The van der Waals surface area contributed by atoms with Crippen LogP contribution < -0.4 is 0 Å². The molecule has 0 radical (unpaired) electrons. The van der Waals surface area contributed by atoms with Gasteiger partial charge in [-0.3, -0.25) is 25.1 Å². The van der Waals surface area contributed by atoms with Crippen LogP contribution in [0.4, 0.5) is 34.1 Å². The van der Waals surface area contributed by atoms with E-state index in [0.717, 1.165) is 29.4 Å². The number of nitro benzene ring substituents is 2. The molecule has 6 aromatic rings. The first-order chi connectivity index (χ1) is 31.5. The van der Waals surface area contributed by atoms with E-state index < -0.39 is 9.85 Å². The number of aliphatic hydroxyl groups excluding tert-OH is 2. The minimum absolute atomic E-state index is 0. The van der Waals surface area contributed by atoms with E-state index in [9.17, 15) is 40.7 Å². The number of nitrogens with zero attached hydrogens (tertiary/aromatic N) is 7. The fraction of sp³-hybridized carbons (Fsp3) is 0.333. The minimum atomic E-state index is -0.614. The van der Waals surface area contributed by atoms with Gasteiger partial charge in [-0.1, -0.05) is 125 Å². The van der Waals surface area contributed by atoms with Crippen molar-refractivity contribution in [3.8, 4) is 23.0 Å². The molecule has 6 N–H and O–H groups in total. The number of hydrogen-bond donors (Lipinski definition) is 6. The van der Waals surface area contributed by atoms with E-state index in [2.05, 4.69) is 32.3 Å². The summed E-state index contributed by atoms with van der Waals surface area (Å²) in [5.41, 5.74) is 0.191. The van der Waals surface area contributed by atoms with Gasteiger partial charge in [-0.05, 0) is 48.0 Å². The first-order valence-electron chi connectivity index (χ1n) is 21.6. The number of fused-ring (bicyclic) bond motifs is 2. The molecule has 6 rings (SSSR count). The Bertz CT molecular complexity index is 2370.